The van der Waals surface area contributed by atoms with Crippen LogP contribution in [0.25, 0.3) is 0 Å². The molecule has 7 heteroatoms. The molecule has 1 amide bonds. The molecule has 0 saturated heterocycles. The number of halogens is 2. The highest BCUT2D eigenvalue weighted by Gasteiger charge is 2.14. The minimum Gasteiger partial charge on any atom is -0.477 e. The van der Waals surface area contributed by atoms with Gasteiger partial charge in [-0.25, -0.2) is 4.98 Å². The number of rotatable bonds is 4. The quantitative estimate of drug-likeness (QED) is 0.841. The highest BCUT2D eigenvalue weighted by Crippen LogP contribution is 2.31. The Morgan fingerprint density at radius 2 is 2.05 bits per heavy atom. The van der Waals surface area contributed by atoms with Gasteiger partial charge in [0, 0.05) is 11.9 Å². The van der Waals surface area contributed by atoms with E-state index in [9.17, 15) is 4.79 Å². The maximum absolute atomic E-state index is 12.3. The van der Waals surface area contributed by atoms with E-state index in [4.69, 9.17) is 33.7 Å². The van der Waals surface area contributed by atoms with Crippen LogP contribution in [0.5, 0.6) is 5.88 Å². The number of carbonyl (C=O) groups excluding carboxylic acids is 1. The third-order valence-electron chi connectivity index (χ3n) is 2.63. The second-order valence-corrected chi connectivity index (χ2v) is 4.91. The number of aromatic nitrogens is 1. The molecule has 5 nitrogen and oxygen atoms in total. The summed E-state index contributed by atoms with van der Waals surface area (Å²) in [5.74, 6) is -0.103. The lowest BCUT2D eigenvalue weighted by molar-refractivity contribution is 0.102. The number of nitrogens with one attached hydrogen (secondary N) is 1. The van der Waals surface area contributed by atoms with Crippen molar-refractivity contribution in [1.29, 1.82) is 0 Å². The normalized spacial score (nSPS) is 10.2. The van der Waals surface area contributed by atoms with Gasteiger partial charge in [0.2, 0.25) is 5.88 Å². The number of carbonyl (C=O) groups is 1. The number of pyridine rings is 1. The van der Waals surface area contributed by atoms with Gasteiger partial charge in [-0.3, -0.25) is 4.79 Å². The van der Waals surface area contributed by atoms with Crippen LogP contribution < -0.4 is 15.8 Å². The molecular formula is C14H13Cl2N3O2. The van der Waals surface area contributed by atoms with Gasteiger partial charge in [-0.15, -0.1) is 0 Å². The molecule has 0 saturated carbocycles. The molecule has 110 valence electrons. The number of benzene rings is 1. The molecule has 1 heterocycles. The Balaban J connectivity index is 2.26. The van der Waals surface area contributed by atoms with Gasteiger partial charge in [-0.1, -0.05) is 23.2 Å². The number of amides is 1. The zero-order valence-electron chi connectivity index (χ0n) is 11.2. The van der Waals surface area contributed by atoms with Crippen molar-refractivity contribution < 1.29 is 9.53 Å². The van der Waals surface area contributed by atoms with E-state index in [0.717, 1.165) is 0 Å². The second kappa shape index (κ2) is 6.65. The number of hydrogen-bond acceptors (Lipinski definition) is 4. The van der Waals surface area contributed by atoms with Gasteiger partial charge in [0.15, 0.2) is 0 Å². The van der Waals surface area contributed by atoms with Crippen LogP contribution in [0.15, 0.2) is 30.5 Å². The Kier molecular flexibility index (Phi) is 4.88. The third-order valence-corrected chi connectivity index (χ3v) is 3.26. The highest BCUT2D eigenvalue weighted by atomic mass is 35.5. The van der Waals surface area contributed by atoms with Gasteiger partial charge < -0.3 is 15.8 Å². The average molecular weight is 326 g/mol. The predicted molar refractivity (Wildman–Crippen MR) is 84.2 cm³/mol. The Morgan fingerprint density at radius 1 is 1.38 bits per heavy atom. The molecule has 1 aromatic carbocycles. The van der Waals surface area contributed by atoms with Crippen LogP contribution in [0.4, 0.5) is 11.4 Å². The molecule has 1 aromatic heterocycles. The Labute approximate surface area is 132 Å². The number of nitrogen functional groups attached to an aromatic ring is 1. The van der Waals surface area contributed by atoms with E-state index < -0.39 is 0 Å². The summed E-state index contributed by atoms with van der Waals surface area (Å²) in [6, 6.07) is 6.32. The third kappa shape index (κ3) is 3.56. The number of anilines is 2. The number of hydrogen-bond donors (Lipinski definition) is 2. The zero-order valence-corrected chi connectivity index (χ0v) is 12.7. The van der Waals surface area contributed by atoms with E-state index in [1.54, 1.807) is 18.3 Å². The van der Waals surface area contributed by atoms with E-state index in [1.807, 2.05) is 6.92 Å². The molecule has 0 bridgehead atoms. The van der Waals surface area contributed by atoms with E-state index in [2.05, 4.69) is 10.3 Å². The lowest BCUT2D eigenvalue weighted by atomic mass is 10.2. The summed E-state index contributed by atoms with van der Waals surface area (Å²) < 4.78 is 5.32. The fourth-order valence-electron chi connectivity index (χ4n) is 1.67. The first-order chi connectivity index (χ1) is 10.0. The van der Waals surface area contributed by atoms with Crippen molar-refractivity contribution in [2.45, 2.75) is 6.92 Å². The fourth-order valence-corrected chi connectivity index (χ4v) is 2.16. The van der Waals surface area contributed by atoms with E-state index in [0.29, 0.717) is 17.9 Å². The minimum absolute atomic E-state index is 0.269. The molecule has 2 rings (SSSR count). The summed E-state index contributed by atoms with van der Waals surface area (Å²) in [4.78, 5) is 16.3. The van der Waals surface area contributed by atoms with Gasteiger partial charge in [0.25, 0.3) is 5.91 Å². The van der Waals surface area contributed by atoms with Crippen LogP contribution in [0.3, 0.4) is 0 Å². The van der Waals surface area contributed by atoms with Crippen molar-refractivity contribution in [3.05, 3.63) is 46.1 Å². The van der Waals surface area contributed by atoms with Crippen LogP contribution >= 0.6 is 23.2 Å². The Hall–Kier alpha value is -1.98. The number of nitrogens with zero attached hydrogens (tertiary/aromatic N) is 1. The van der Waals surface area contributed by atoms with Gasteiger partial charge in [-0.05, 0) is 31.2 Å². The molecule has 2 aromatic rings. The molecule has 0 aliphatic rings. The summed E-state index contributed by atoms with van der Waals surface area (Å²) >= 11 is 11.9. The van der Waals surface area contributed by atoms with Crippen LogP contribution in [-0.2, 0) is 0 Å². The summed E-state index contributed by atoms with van der Waals surface area (Å²) in [7, 11) is 0. The molecule has 21 heavy (non-hydrogen) atoms. The monoisotopic (exact) mass is 325 g/mol. The first-order valence-electron chi connectivity index (χ1n) is 6.16. The molecule has 0 aliphatic heterocycles. The van der Waals surface area contributed by atoms with Crippen molar-refractivity contribution in [3.8, 4) is 5.88 Å². The maximum atomic E-state index is 12.3. The van der Waals surface area contributed by atoms with Crippen molar-refractivity contribution in [3.63, 3.8) is 0 Å². The largest absolute Gasteiger partial charge is 0.477 e. The molecule has 0 radical (unpaired) electrons. The molecule has 0 fully saturated rings. The summed E-state index contributed by atoms with van der Waals surface area (Å²) in [5, 5.41) is 3.23. The van der Waals surface area contributed by atoms with Crippen LogP contribution in [0, 0.1) is 0 Å². The van der Waals surface area contributed by atoms with Crippen molar-refractivity contribution in [1.82, 2.24) is 4.98 Å². The molecule has 0 aliphatic carbocycles. The van der Waals surface area contributed by atoms with E-state index >= 15 is 0 Å². The van der Waals surface area contributed by atoms with Gasteiger partial charge >= 0.3 is 0 Å². The van der Waals surface area contributed by atoms with Crippen molar-refractivity contribution in [2.75, 3.05) is 17.7 Å². The lowest BCUT2D eigenvalue weighted by Gasteiger charge is -2.10. The first-order valence-corrected chi connectivity index (χ1v) is 6.92. The van der Waals surface area contributed by atoms with Gasteiger partial charge in [0.05, 0.1) is 22.3 Å². The van der Waals surface area contributed by atoms with E-state index in [-0.39, 0.29) is 27.5 Å². The smallest absolute Gasteiger partial charge is 0.261 e. The van der Waals surface area contributed by atoms with Gasteiger partial charge in [-0.2, -0.15) is 0 Å². The van der Waals surface area contributed by atoms with Crippen LogP contribution in [-0.4, -0.2) is 17.5 Å². The predicted octanol–water partition coefficient (Wildman–Crippen LogP) is 3.62. The second-order valence-electron chi connectivity index (χ2n) is 4.10. The SMILES string of the molecule is CCOc1ncccc1C(=O)Nc1cc(Cl)c(N)c(Cl)c1. The number of ether oxygens (including phenoxy) is 1. The zero-order chi connectivity index (χ0) is 15.4. The fraction of sp³-hybridized carbons (Fsp3) is 0.143. The topological polar surface area (TPSA) is 77.2 Å². The molecule has 0 unspecified atom stereocenters. The van der Waals surface area contributed by atoms with Crippen LogP contribution in [0.1, 0.15) is 17.3 Å². The van der Waals surface area contributed by atoms with Crippen LogP contribution in [0.2, 0.25) is 10.0 Å². The lowest BCUT2D eigenvalue weighted by Crippen LogP contribution is -2.14. The van der Waals surface area contributed by atoms with Crippen molar-refractivity contribution in [2.24, 2.45) is 0 Å². The minimum atomic E-state index is -0.372. The first kappa shape index (κ1) is 15.4. The summed E-state index contributed by atoms with van der Waals surface area (Å²) in [5.41, 5.74) is 6.68. The highest BCUT2D eigenvalue weighted by molar-refractivity contribution is 6.39. The number of nitrogens with two attached hydrogens (primary N) is 1. The standard InChI is InChI=1S/C14H13Cl2N3O2/c1-2-21-14-9(4-3-5-18-14)13(20)19-8-6-10(15)12(17)11(16)7-8/h3-7H,2,17H2,1H3,(H,19,20). The van der Waals surface area contributed by atoms with Crippen molar-refractivity contribution >= 4 is 40.5 Å². The Bertz CT molecular complexity index is 654. The molecule has 0 spiro atoms. The molecular weight excluding hydrogens is 313 g/mol. The Morgan fingerprint density at radius 3 is 2.67 bits per heavy atom. The van der Waals surface area contributed by atoms with Gasteiger partial charge in [0.1, 0.15) is 5.56 Å². The molecule has 0 atom stereocenters. The average Bonchev–Trinajstić information content (AvgIpc) is 2.45. The van der Waals surface area contributed by atoms with E-state index in [1.165, 1.54) is 12.1 Å². The summed E-state index contributed by atoms with van der Waals surface area (Å²) in [6.45, 7) is 2.23. The molecule has 3 N–H and O–H groups in total. The summed E-state index contributed by atoms with van der Waals surface area (Å²) in [6.07, 6.45) is 1.55. The maximum Gasteiger partial charge on any atom is 0.261 e.